The van der Waals surface area contributed by atoms with E-state index in [-0.39, 0.29) is 0 Å². The summed E-state index contributed by atoms with van der Waals surface area (Å²) < 4.78 is 6.83. The molecule has 1 fully saturated rings. The van der Waals surface area contributed by atoms with Crippen LogP contribution in [0.25, 0.3) is 0 Å². The minimum Gasteiger partial charge on any atom is -0.378 e. The van der Waals surface area contributed by atoms with Crippen molar-refractivity contribution in [3.05, 3.63) is 20.3 Å². The number of thiophene rings is 1. The Balaban J connectivity index is 1.82. The number of hydrogen-bond donors (Lipinski definition) is 0. The van der Waals surface area contributed by atoms with Gasteiger partial charge in [0.1, 0.15) is 0 Å². The molecule has 1 aliphatic carbocycles. The number of halogens is 2. The Bertz CT molecular complexity index is 371. The zero-order valence-electron chi connectivity index (χ0n) is 10.2. The lowest BCUT2D eigenvalue weighted by Gasteiger charge is -2.36. The first-order valence-corrected chi connectivity index (χ1v) is 8.64. The maximum absolute atomic E-state index is 5.60. The molecule has 0 N–H and O–H groups in total. The Labute approximate surface area is 124 Å². The van der Waals surface area contributed by atoms with Gasteiger partial charge in [-0.25, -0.2) is 0 Å². The molecule has 0 spiro atoms. The lowest BCUT2D eigenvalue weighted by Crippen LogP contribution is -2.31. The van der Waals surface area contributed by atoms with E-state index in [2.05, 4.69) is 51.8 Å². The number of rotatable bonds is 5. The second-order valence-corrected chi connectivity index (χ2v) is 8.42. The van der Waals surface area contributed by atoms with Crippen LogP contribution in [0.15, 0.2) is 9.85 Å². The third-order valence-corrected chi connectivity index (χ3v) is 5.84. The summed E-state index contributed by atoms with van der Waals surface area (Å²) in [7, 11) is 0. The summed E-state index contributed by atoms with van der Waals surface area (Å²) in [6.45, 7) is 5.13. The predicted molar refractivity (Wildman–Crippen MR) is 81.2 cm³/mol. The smallest absolute Gasteiger partial charge is 0.0704 e. The van der Waals surface area contributed by atoms with Crippen molar-refractivity contribution in [2.45, 2.75) is 44.0 Å². The van der Waals surface area contributed by atoms with Gasteiger partial charge in [0, 0.05) is 16.3 Å². The minimum absolute atomic E-state index is 0.498. The van der Waals surface area contributed by atoms with Crippen LogP contribution in [0.1, 0.15) is 41.5 Å². The van der Waals surface area contributed by atoms with Gasteiger partial charge >= 0.3 is 0 Å². The summed E-state index contributed by atoms with van der Waals surface area (Å²) in [6.07, 6.45) is 4.23. The normalized spacial score (nSPS) is 25.6. The summed E-state index contributed by atoms with van der Waals surface area (Å²) >= 11 is 9.21. The Morgan fingerprint density at radius 1 is 1.53 bits per heavy atom. The molecule has 2 rings (SSSR count). The van der Waals surface area contributed by atoms with Gasteiger partial charge in [-0.3, -0.25) is 0 Å². The Kier molecular flexibility index (Phi) is 5.10. The van der Waals surface area contributed by atoms with Crippen molar-refractivity contribution >= 4 is 43.2 Å². The van der Waals surface area contributed by atoms with E-state index in [9.17, 15) is 0 Å². The zero-order chi connectivity index (χ0) is 12.4. The lowest BCUT2D eigenvalue weighted by atomic mass is 9.78. The van der Waals surface area contributed by atoms with Crippen LogP contribution in [-0.4, -0.2) is 12.7 Å². The van der Waals surface area contributed by atoms with Gasteiger partial charge in [-0.1, -0.05) is 15.9 Å². The summed E-state index contributed by atoms with van der Waals surface area (Å²) in [6, 6.07) is 2.25. The quantitative estimate of drug-likeness (QED) is 0.615. The van der Waals surface area contributed by atoms with Crippen molar-refractivity contribution in [2.75, 3.05) is 6.61 Å². The third kappa shape index (κ3) is 3.55. The fourth-order valence-electron chi connectivity index (χ4n) is 2.43. The van der Waals surface area contributed by atoms with E-state index in [0.29, 0.717) is 10.9 Å². The van der Waals surface area contributed by atoms with E-state index in [4.69, 9.17) is 4.74 Å². The van der Waals surface area contributed by atoms with Gasteiger partial charge in [-0.2, -0.15) is 0 Å². The van der Waals surface area contributed by atoms with Crippen molar-refractivity contribution < 1.29 is 4.74 Å². The van der Waals surface area contributed by atoms with Crippen molar-refractivity contribution in [1.82, 2.24) is 0 Å². The topological polar surface area (TPSA) is 9.23 Å². The second-order valence-electron chi connectivity index (χ2n) is 4.68. The van der Waals surface area contributed by atoms with Gasteiger partial charge in [-0.05, 0) is 66.6 Å². The molecule has 4 heteroatoms. The average molecular weight is 382 g/mol. The first-order valence-electron chi connectivity index (χ1n) is 6.11. The van der Waals surface area contributed by atoms with Crippen molar-refractivity contribution in [2.24, 2.45) is 5.92 Å². The van der Waals surface area contributed by atoms with Gasteiger partial charge in [0.05, 0.1) is 9.89 Å². The highest BCUT2D eigenvalue weighted by Crippen LogP contribution is 2.43. The lowest BCUT2D eigenvalue weighted by molar-refractivity contribution is -0.0264. The van der Waals surface area contributed by atoms with E-state index in [1.165, 1.54) is 33.5 Å². The minimum atomic E-state index is 0.498. The second kappa shape index (κ2) is 6.18. The number of alkyl halides is 1. The van der Waals surface area contributed by atoms with Crippen LogP contribution in [0.3, 0.4) is 0 Å². The highest BCUT2D eigenvalue weighted by molar-refractivity contribution is 9.11. The van der Waals surface area contributed by atoms with Crippen LogP contribution >= 0.6 is 43.2 Å². The van der Waals surface area contributed by atoms with E-state index in [1.807, 2.05) is 11.3 Å². The number of ether oxygens (including phenoxy) is 1. The molecule has 1 aliphatic rings. The maximum atomic E-state index is 5.60. The monoisotopic (exact) mass is 380 g/mol. The maximum Gasteiger partial charge on any atom is 0.0704 e. The Hall–Kier alpha value is 0.620. The molecule has 96 valence electrons. The van der Waals surface area contributed by atoms with Crippen LogP contribution in [0.5, 0.6) is 0 Å². The molecule has 1 unspecified atom stereocenters. The van der Waals surface area contributed by atoms with Crippen LogP contribution in [0.2, 0.25) is 0 Å². The molecule has 17 heavy (non-hydrogen) atoms. The number of hydrogen-bond acceptors (Lipinski definition) is 2. The molecule has 0 radical (unpaired) electrons. The summed E-state index contributed by atoms with van der Waals surface area (Å²) in [5.74, 6) is 0.828. The average Bonchev–Trinajstić information content (AvgIpc) is 2.54. The van der Waals surface area contributed by atoms with Gasteiger partial charge in [-0.15, -0.1) is 11.3 Å². The van der Waals surface area contributed by atoms with E-state index in [0.717, 1.165) is 12.5 Å². The standard InChI is InChI=1S/C13H18Br2OS/c1-3-16-10-4-9(5-10)6-12(14)11-7-13(15)17-8(11)2/h7,9-10,12H,3-6H2,1-2H3. The molecule has 0 amide bonds. The van der Waals surface area contributed by atoms with Gasteiger partial charge in [0.2, 0.25) is 0 Å². The SMILES string of the molecule is CCOC1CC(CC(Br)c2cc(Br)sc2C)C1. The van der Waals surface area contributed by atoms with E-state index in [1.54, 1.807) is 0 Å². The predicted octanol–water partition coefficient (Wildman–Crippen LogP) is 5.46. The van der Waals surface area contributed by atoms with Gasteiger partial charge in [0.15, 0.2) is 0 Å². The van der Waals surface area contributed by atoms with Gasteiger partial charge in [0.25, 0.3) is 0 Å². The molecule has 1 aromatic heterocycles. The van der Waals surface area contributed by atoms with Crippen LogP contribution in [-0.2, 0) is 4.74 Å². The fourth-order valence-corrected chi connectivity index (χ4v) is 5.36. The molecule has 0 bridgehead atoms. The highest BCUT2D eigenvalue weighted by Gasteiger charge is 2.31. The molecule has 1 heterocycles. The Morgan fingerprint density at radius 3 is 2.76 bits per heavy atom. The zero-order valence-corrected chi connectivity index (χ0v) is 14.2. The van der Waals surface area contributed by atoms with E-state index >= 15 is 0 Å². The third-order valence-electron chi connectivity index (χ3n) is 3.40. The highest BCUT2D eigenvalue weighted by atomic mass is 79.9. The molecular formula is C13H18Br2OS. The number of aryl methyl sites for hydroxylation is 1. The van der Waals surface area contributed by atoms with Crippen molar-refractivity contribution in [3.8, 4) is 0 Å². The molecular weight excluding hydrogens is 364 g/mol. The van der Waals surface area contributed by atoms with Crippen LogP contribution in [0.4, 0.5) is 0 Å². The van der Waals surface area contributed by atoms with Crippen LogP contribution in [0, 0.1) is 12.8 Å². The Morgan fingerprint density at radius 2 is 2.24 bits per heavy atom. The summed E-state index contributed by atoms with van der Waals surface area (Å²) in [5.41, 5.74) is 1.45. The first kappa shape index (κ1) is 14.0. The van der Waals surface area contributed by atoms with Crippen molar-refractivity contribution in [1.29, 1.82) is 0 Å². The molecule has 0 aliphatic heterocycles. The molecule has 1 aromatic rings. The van der Waals surface area contributed by atoms with E-state index < -0.39 is 0 Å². The first-order chi connectivity index (χ1) is 8.10. The largest absolute Gasteiger partial charge is 0.378 e. The van der Waals surface area contributed by atoms with Crippen molar-refractivity contribution in [3.63, 3.8) is 0 Å². The molecule has 1 atom stereocenters. The molecule has 0 aromatic carbocycles. The molecule has 0 saturated heterocycles. The van der Waals surface area contributed by atoms with Crippen LogP contribution < -0.4 is 0 Å². The molecule has 1 nitrogen and oxygen atoms in total. The molecule has 1 saturated carbocycles. The fraction of sp³-hybridized carbons (Fsp3) is 0.692. The summed E-state index contributed by atoms with van der Waals surface area (Å²) in [5, 5.41) is 0. The summed E-state index contributed by atoms with van der Waals surface area (Å²) in [4.78, 5) is 1.91. The van der Waals surface area contributed by atoms with Gasteiger partial charge < -0.3 is 4.74 Å².